The van der Waals surface area contributed by atoms with Crippen molar-refractivity contribution in [2.45, 2.75) is 84.6 Å². The molecular formula is C20H37N3O8. The number of carboxylic acids is 1. The monoisotopic (exact) mass is 447 g/mol. The van der Waals surface area contributed by atoms with Crippen LogP contribution in [0.2, 0.25) is 0 Å². The average Bonchev–Trinajstić information content (AvgIpc) is 2.54. The molecule has 0 heterocycles. The summed E-state index contributed by atoms with van der Waals surface area (Å²) in [5.41, 5.74) is -3.88. The van der Waals surface area contributed by atoms with Crippen LogP contribution in [-0.2, 0) is 23.8 Å². The number of aliphatic carboxylic acids is 1. The standard InChI is InChI=1S/C20H37N3O8/c1-8-29-14(24)10-13-21-12-9-11-20(15(25)26,22-16(27)30-18(2,3)4)23-17(28)31-19(5,6)7/h21H,8-13H2,1-7H3,(H,22,27)(H,23,28)(H,25,26). The molecule has 4 N–H and O–H groups in total. The van der Waals surface area contributed by atoms with E-state index in [2.05, 4.69) is 16.0 Å². The van der Waals surface area contributed by atoms with Crippen molar-refractivity contribution in [3.05, 3.63) is 0 Å². The molecule has 2 amide bonds. The van der Waals surface area contributed by atoms with Gasteiger partial charge in [-0.05, 0) is 61.4 Å². The lowest BCUT2D eigenvalue weighted by atomic mass is 10.0. The molecule has 0 aliphatic carbocycles. The number of carbonyl (C=O) groups excluding carboxylic acids is 3. The summed E-state index contributed by atoms with van der Waals surface area (Å²) in [7, 11) is 0. The molecule has 0 aliphatic rings. The Morgan fingerprint density at radius 1 is 0.839 bits per heavy atom. The molecule has 0 aliphatic heterocycles. The highest BCUT2D eigenvalue weighted by Crippen LogP contribution is 2.15. The number of alkyl carbamates (subject to hydrolysis) is 2. The van der Waals surface area contributed by atoms with Crippen molar-refractivity contribution in [3.63, 3.8) is 0 Å². The van der Waals surface area contributed by atoms with Crippen molar-refractivity contribution in [1.29, 1.82) is 0 Å². The molecule has 11 heteroatoms. The summed E-state index contributed by atoms with van der Waals surface area (Å²) in [5.74, 6) is -1.82. The normalized spacial score (nSPS) is 12.0. The van der Waals surface area contributed by atoms with E-state index in [1.54, 1.807) is 48.5 Å². The first-order valence-electron chi connectivity index (χ1n) is 10.2. The Morgan fingerprint density at radius 3 is 1.71 bits per heavy atom. The number of esters is 1. The number of carboxylic acid groups (broad SMARTS) is 1. The fourth-order valence-corrected chi connectivity index (χ4v) is 2.35. The van der Waals surface area contributed by atoms with E-state index in [0.29, 0.717) is 19.7 Å². The summed E-state index contributed by atoms with van der Waals surface area (Å²) in [5, 5.41) is 17.3. The molecular weight excluding hydrogens is 410 g/mol. The lowest BCUT2D eigenvalue weighted by Crippen LogP contribution is -2.66. The third kappa shape index (κ3) is 13.4. The number of rotatable bonds is 11. The molecule has 0 unspecified atom stereocenters. The van der Waals surface area contributed by atoms with E-state index >= 15 is 0 Å². The van der Waals surface area contributed by atoms with E-state index in [0.717, 1.165) is 0 Å². The predicted molar refractivity (Wildman–Crippen MR) is 112 cm³/mol. The van der Waals surface area contributed by atoms with Crippen LogP contribution >= 0.6 is 0 Å². The van der Waals surface area contributed by atoms with Crippen LogP contribution in [0.5, 0.6) is 0 Å². The quantitative estimate of drug-likeness (QED) is 0.161. The molecule has 0 saturated heterocycles. The van der Waals surface area contributed by atoms with Gasteiger partial charge in [-0.1, -0.05) is 0 Å². The molecule has 0 atom stereocenters. The molecule has 0 spiro atoms. The second-order valence-corrected chi connectivity index (χ2v) is 8.87. The number of nitrogens with one attached hydrogen (secondary N) is 3. The maximum Gasteiger partial charge on any atom is 0.409 e. The summed E-state index contributed by atoms with van der Waals surface area (Å²) < 4.78 is 15.1. The van der Waals surface area contributed by atoms with Crippen LogP contribution in [0.15, 0.2) is 0 Å². The van der Waals surface area contributed by atoms with Crippen molar-refractivity contribution >= 4 is 24.1 Å². The number of amides is 2. The van der Waals surface area contributed by atoms with Gasteiger partial charge in [-0.3, -0.25) is 15.4 Å². The second kappa shape index (κ2) is 12.3. The maximum atomic E-state index is 12.3. The van der Waals surface area contributed by atoms with Gasteiger partial charge in [0, 0.05) is 13.0 Å². The van der Waals surface area contributed by atoms with E-state index in [1.807, 2.05) is 0 Å². The largest absolute Gasteiger partial charge is 0.478 e. The van der Waals surface area contributed by atoms with E-state index in [-0.39, 0.29) is 25.2 Å². The summed E-state index contributed by atoms with van der Waals surface area (Å²) in [6.07, 6.45) is -1.74. The van der Waals surface area contributed by atoms with Gasteiger partial charge in [-0.15, -0.1) is 0 Å². The van der Waals surface area contributed by atoms with Crippen molar-refractivity contribution in [2.75, 3.05) is 19.7 Å². The molecule has 0 bridgehead atoms. The lowest BCUT2D eigenvalue weighted by molar-refractivity contribution is -0.147. The Labute approximate surface area is 183 Å². The Balaban J connectivity index is 5.16. The molecule has 0 radical (unpaired) electrons. The zero-order chi connectivity index (χ0) is 24.3. The van der Waals surface area contributed by atoms with Gasteiger partial charge in [0.05, 0.1) is 13.0 Å². The van der Waals surface area contributed by atoms with Gasteiger partial charge < -0.3 is 24.6 Å². The van der Waals surface area contributed by atoms with Crippen LogP contribution in [-0.4, -0.2) is 65.8 Å². The van der Waals surface area contributed by atoms with E-state index in [1.165, 1.54) is 0 Å². The highest BCUT2D eigenvalue weighted by Gasteiger charge is 2.43. The fraction of sp³-hybridized carbons (Fsp3) is 0.800. The first-order chi connectivity index (χ1) is 14.1. The number of hydrogen-bond acceptors (Lipinski definition) is 8. The Kier molecular flexibility index (Phi) is 11.3. The predicted octanol–water partition coefficient (Wildman–Crippen LogP) is 2.14. The topological polar surface area (TPSA) is 152 Å². The highest BCUT2D eigenvalue weighted by molar-refractivity contribution is 5.88. The van der Waals surface area contributed by atoms with Gasteiger partial charge in [0.15, 0.2) is 0 Å². The first kappa shape index (κ1) is 28.4. The molecule has 11 nitrogen and oxygen atoms in total. The van der Waals surface area contributed by atoms with Crippen LogP contribution in [0.25, 0.3) is 0 Å². The third-order valence-electron chi connectivity index (χ3n) is 3.51. The summed E-state index contributed by atoms with van der Waals surface area (Å²) in [6, 6.07) is 0. The van der Waals surface area contributed by atoms with Gasteiger partial charge >= 0.3 is 24.1 Å². The Hall–Kier alpha value is -2.56. The van der Waals surface area contributed by atoms with Crippen LogP contribution in [0.1, 0.15) is 67.7 Å². The average molecular weight is 448 g/mol. The molecule has 0 aromatic heterocycles. The van der Waals surface area contributed by atoms with Gasteiger partial charge in [0.1, 0.15) is 11.2 Å². The fourth-order valence-electron chi connectivity index (χ4n) is 2.35. The van der Waals surface area contributed by atoms with Crippen molar-refractivity contribution in [2.24, 2.45) is 0 Å². The summed E-state index contributed by atoms with van der Waals surface area (Å²) in [4.78, 5) is 47.9. The Bertz CT molecular complexity index is 593. The van der Waals surface area contributed by atoms with Crippen LogP contribution < -0.4 is 16.0 Å². The minimum absolute atomic E-state index is 0.159. The van der Waals surface area contributed by atoms with Crippen molar-refractivity contribution < 1.29 is 38.5 Å². The third-order valence-corrected chi connectivity index (χ3v) is 3.51. The molecule has 31 heavy (non-hydrogen) atoms. The molecule has 0 aromatic rings. The zero-order valence-electron chi connectivity index (χ0n) is 19.5. The van der Waals surface area contributed by atoms with Gasteiger partial charge in [-0.2, -0.15) is 0 Å². The van der Waals surface area contributed by atoms with E-state index in [4.69, 9.17) is 14.2 Å². The minimum atomic E-state index is -2.15. The molecule has 0 aromatic carbocycles. The highest BCUT2D eigenvalue weighted by atomic mass is 16.6. The SMILES string of the molecule is CCOC(=O)CCNCCCC(NC(=O)OC(C)(C)C)(NC(=O)OC(C)(C)C)C(=O)O. The van der Waals surface area contributed by atoms with Crippen LogP contribution in [0.4, 0.5) is 9.59 Å². The maximum absolute atomic E-state index is 12.3. The van der Waals surface area contributed by atoms with Gasteiger partial charge in [0.2, 0.25) is 5.66 Å². The molecule has 0 fully saturated rings. The minimum Gasteiger partial charge on any atom is -0.478 e. The molecule has 0 rings (SSSR count). The summed E-state index contributed by atoms with van der Waals surface area (Å²) >= 11 is 0. The number of ether oxygens (including phenoxy) is 3. The van der Waals surface area contributed by atoms with E-state index in [9.17, 15) is 24.3 Å². The smallest absolute Gasteiger partial charge is 0.409 e. The second-order valence-electron chi connectivity index (χ2n) is 8.87. The van der Waals surface area contributed by atoms with Crippen LogP contribution in [0, 0.1) is 0 Å². The number of carbonyl (C=O) groups is 4. The van der Waals surface area contributed by atoms with Crippen molar-refractivity contribution in [1.82, 2.24) is 16.0 Å². The lowest BCUT2D eigenvalue weighted by Gasteiger charge is -2.33. The summed E-state index contributed by atoms with van der Waals surface area (Å²) in [6.45, 7) is 12.5. The van der Waals surface area contributed by atoms with Crippen molar-refractivity contribution in [3.8, 4) is 0 Å². The molecule has 180 valence electrons. The number of hydrogen-bond donors (Lipinski definition) is 4. The molecule has 0 saturated carbocycles. The van der Waals surface area contributed by atoms with E-state index < -0.39 is 35.0 Å². The Morgan fingerprint density at radius 2 is 1.32 bits per heavy atom. The first-order valence-corrected chi connectivity index (χ1v) is 10.2. The van der Waals surface area contributed by atoms with Crippen LogP contribution in [0.3, 0.4) is 0 Å². The van der Waals surface area contributed by atoms with Gasteiger partial charge in [0.25, 0.3) is 0 Å². The zero-order valence-corrected chi connectivity index (χ0v) is 19.5. The van der Waals surface area contributed by atoms with Gasteiger partial charge in [-0.25, -0.2) is 14.4 Å².